The summed E-state index contributed by atoms with van der Waals surface area (Å²) in [6.07, 6.45) is -0.933. The third-order valence-electron chi connectivity index (χ3n) is 3.58. The van der Waals surface area contributed by atoms with Crippen molar-refractivity contribution in [2.24, 2.45) is 0 Å². The number of imide groups is 1. The number of thiocarbonyl (C=S) groups is 1. The molecule has 29 heavy (non-hydrogen) atoms. The summed E-state index contributed by atoms with van der Waals surface area (Å²) in [6.45, 7) is 1.69. The Morgan fingerprint density at radius 1 is 1.38 bits per heavy atom. The van der Waals surface area contributed by atoms with Crippen LogP contribution in [0.2, 0.25) is 5.02 Å². The summed E-state index contributed by atoms with van der Waals surface area (Å²) < 4.78 is 34.9. The molecule has 1 aliphatic heterocycles. The third kappa shape index (κ3) is 5.77. The van der Waals surface area contributed by atoms with E-state index in [4.69, 9.17) is 28.6 Å². The minimum absolute atomic E-state index is 0.0368. The number of alkyl halides is 2. The van der Waals surface area contributed by atoms with Gasteiger partial charge < -0.3 is 19.9 Å². The Bertz CT molecular complexity index is 870. The molecule has 7 nitrogen and oxygen atoms in total. The quantitative estimate of drug-likeness (QED) is 0.647. The van der Waals surface area contributed by atoms with Crippen LogP contribution in [0.15, 0.2) is 29.5 Å². The van der Waals surface area contributed by atoms with E-state index in [0.29, 0.717) is 0 Å². The van der Waals surface area contributed by atoms with Crippen LogP contribution in [-0.2, 0) is 9.53 Å². The number of carbonyl (C=O) groups is 2. The van der Waals surface area contributed by atoms with E-state index >= 15 is 0 Å². The van der Waals surface area contributed by atoms with Gasteiger partial charge in [-0.25, -0.2) is 9.69 Å². The fraction of sp³-hybridized carbons (Fsp3) is 0.389. The average molecular weight is 449 g/mol. The van der Waals surface area contributed by atoms with E-state index in [1.54, 1.807) is 20.8 Å². The van der Waals surface area contributed by atoms with Crippen molar-refractivity contribution in [3.05, 3.63) is 34.6 Å². The molecule has 2 rings (SSSR count). The van der Waals surface area contributed by atoms with Crippen LogP contribution in [0.1, 0.15) is 27.2 Å². The average Bonchev–Trinajstić information content (AvgIpc) is 2.56. The van der Waals surface area contributed by atoms with Crippen molar-refractivity contribution in [2.75, 3.05) is 11.9 Å². The van der Waals surface area contributed by atoms with Crippen LogP contribution in [0, 0.1) is 0 Å². The molecule has 1 aromatic carbocycles. The van der Waals surface area contributed by atoms with Crippen molar-refractivity contribution in [3.8, 4) is 5.75 Å². The number of aliphatic hydroxyl groups is 1. The van der Waals surface area contributed by atoms with Crippen LogP contribution < -0.4 is 10.1 Å². The molecule has 1 aromatic rings. The summed E-state index contributed by atoms with van der Waals surface area (Å²) in [6, 6.07) is 4.14. The molecule has 0 bridgehead atoms. The molecule has 0 saturated heterocycles. The lowest BCUT2D eigenvalue weighted by atomic mass is 10.1. The van der Waals surface area contributed by atoms with Crippen LogP contribution in [0.3, 0.4) is 0 Å². The highest BCUT2D eigenvalue weighted by atomic mass is 35.5. The summed E-state index contributed by atoms with van der Waals surface area (Å²) in [5.41, 5.74) is -1.22. The minimum Gasteiger partial charge on any atom is -0.511 e. The van der Waals surface area contributed by atoms with Crippen molar-refractivity contribution in [1.82, 2.24) is 4.90 Å². The van der Waals surface area contributed by atoms with E-state index in [9.17, 15) is 23.5 Å². The number of aliphatic hydroxyl groups excluding tert-OH is 1. The molecule has 0 atom stereocenters. The molecule has 0 unspecified atom stereocenters. The first-order valence-corrected chi connectivity index (χ1v) is 9.21. The van der Waals surface area contributed by atoms with E-state index in [0.717, 1.165) is 4.90 Å². The van der Waals surface area contributed by atoms with Crippen molar-refractivity contribution in [2.45, 2.75) is 39.4 Å². The standard InChI is InChI=1S/C18H19ClF2N2O5S/c1-18(2,3)28-17(26)23-8-7-11(24)12(15(23)25)14(29)22-10-6-4-5-9(19)13(10)27-16(20)21/h4-6,16,24H,7-8H2,1-3H3,(H,22,29). The second kappa shape index (κ2) is 8.91. The highest BCUT2D eigenvalue weighted by Crippen LogP contribution is 2.35. The Kier molecular flexibility index (Phi) is 7.02. The van der Waals surface area contributed by atoms with Gasteiger partial charge >= 0.3 is 12.7 Å². The zero-order valence-electron chi connectivity index (χ0n) is 15.8. The summed E-state index contributed by atoms with van der Waals surface area (Å²) in [7, 11) is 0. The van der Waals surface area contributed by atoms with Gasteiger partial charge in [0.05, 0.1) is 10.7 Å². The summed E-state index contributed by atoms with van der Waals surface area (Å²) in [5.74, 6) is -1.59. The van der Waals surface area contributed by atoms with Crippen molar-refractivity contribution < 1.29 is 33.0 Å². The fourth-order valence-corrected chi connectivity index (χ4v) is 2.96. The number of rotatable bonds is 4. The van der Waals surface area contributed by atoms with Crippen LogP contribution in [0.4, 0.5) is 19.3 Å². The fourth-order valence-electron chi connectivity index (χ4n) is 2.42. The monoisotopic (exact) mass is 448 g/mol. The maximum atomic E-state index is 12.7. The number of halogens is 3. The van der Waals surface area contributed by atoms with E-state index in [1.807, 2.05) is 0 Å². The van der Waals surface area contributed by atoms with Gasteiger partial charge in [0, 0.05) is 13.0 Å². The van der Waals surface area contributed by atoms with Gasteiger partial charge in [-0.05, 0) is 32.9 Å². The molecule has 1 aliphatic rings. The Morgan fingerprint density at radius 2 is 2.03 bits per heavy atom. The van der Waals surface area contributed by atoms with Gasteiger partial charge in [-0.15, -0.1) is 0 Å². The number of anilines is 1. The first-order chi connectivity index (χ1) is 13.4. The number of amides is 2. The molecular weight excluding hydrogens is 430 g/mol. The Hall–Kier alpha value is -2.46. The molecule has 2 N–H and O–H groups in total. The lowest BCUT2D eigenvalue weighted by Crippen LogP contribution is -2.46. The number of nitrogens with one attached hydrogen (secondary N) is 1. The molecule has 0 aliphatic carbocycles. The number of benzene rings is 1. The van der Waals surface area contributed by atoms with Gasteiger partial charge in [-0.3, -0.25) is 4.79 Å². The zero-order chi connectivity index (χ0) is 21.9. The van der Waals surface area contributed by atoms with Gasteiger partial charge in [0.15, 0.2) is 5.75 Å². The first kappa shape index (κ1) is 22.8. The number of hydrogen-bond donors (Lipinski definition) is 2. The van der Waals surface area contributed by atoms with Crippen molar-refractivity contribution >= 4 is 46.5 Å². The van der Waals surface area contributed by atoms with Gasteiger partial charge in [-0.2, -0.15) is 8.78 Å². The van der Waals surface area contributed by atoms with E-state index in [1.165, 1.54) is 18.2 Å². The van der Waals surface area contributed by atoms with Gasteiger partial charge in [0.1, 0.15) is 21.9 Å². The second-order valence-corrected chi connectivity index (χ2v) is 7.77. The lowest BCUT2D eigenvalue weighted by molar-refractivity contribution is -0.126. The van der Waals surface area contributed by atoms with Gasteiger partial charge in [-0.1, -0.05) is 29.9 Å². The Balaban J connectivity index is 2.27. The van der Waals surface area contributed by atoms with Crippen molar-refractivity contribution in [3.63, 3.8) is 0 Å². The number of ether oxygens (including phenoxy) is 2. The largest absolute Gasteiger partial charge is 0.511 e. The van der Waals surface area contributed by atoms with E-state index < -0.39 is 24.2 Å². The van der Waals surface area contributed by atoms with Crippen LogP contribution in [0.5, 0.6) is 5.75 Å². The number of nitrogens with zero attached hydrogens (tertiary/aromatic N) is 1. The first-order valence-electron chi connectivity index (χ1n) is 8.42. The van der Waals surface area contributed by atoms with E-state index in [-0.39, 0.29) is 45.7 Å². The molecule has 0 radical (unpaired) electrons. The summed E-state index contributed by atoms with van der Waals surface area (Å²) >= 11 is 11.0. The normalized spacial score (nSPS) is 14.9. The number of para-hydroxylation sites is 1. The minimum atomic E-state index is -3.14. The maximum absolute atomic E-state index is 12.7. The van der Waals surface area contributed by atoms with E-state index in [2.05, 4.69) is 10.1 Å². The smallest absolute Gasteiger partial charge is 0.417 e. The molecular formula is C18H19ClF2N2O5S. The SMILES string of the molecule is CC(C)(C)OC(=O)N1CCC(O)=C(C(=S)Nc2cccc(Cl)c2OC(F)F)C1=O. The summed E-state index contributed by atoms with van der Waals surface area (Å²) in [4.78, 5) is 25.5. The Morgan fingerprint density at radius 3 is 2.62 bits per heavy atom. The Labute approximate surface area is 176 Å². The molecule has 0 aromatic heterocycles. The highest BCUT2D eigenvalue weighted by Gasteiger charge is 2.36. The predicted octanol–water partition coefficient (Wildman–Crippen LogP) is 4.66. The molecule has 0 fully saturated rings. The molecule has 11 heteroatoms. The maximum Gasteiger partial charge on any atom is 0.417 e. The molecule has 0 saturated carbocycles. The molecule has 1 heterocycles. The second-order valence-electron chi connectivity index (χ2n) is 6.96. The van der Waals surface area contributed by atoms with Crippen molar-refractivity contribution in [1.29, 1.82) is 0 Å². The van der Waals surface area contributed by atoms with Gasteiger partial charge in [0.2, 0.25) is 0 Å². The van der Waals surface area contributed by atoms with Crippen LogP contribution >= 0.6 is 23.8 Å². The highest BCUT2D eigenvalue weighted by molar-refractivity contribution is 7.81. The third-order valence-corrected chi connectivity index (χ3v) is 4.19. The van der Waals surface area contributed by atoms with Crippen LogP contribution in [-0.4, -0.2) is 45.8 Å². The zero-order valence-corrected chi connectivity index (χ0v) is 17.4. The number of carbonyl (C=O) groups excluding carboxylic acids is 2. The molecule has 2 amide bonds. The summed E-state index contributed by atoms with van der Waals surface area (Å²) in [5, 5.41) is 12.6. The number of hydrogen-bond acceptors (Lipinski definition) is 6. The topological polar surface area (TPSA) is 88.1 Å². The van der Waals surface area contributed by atoms with Gasteiger partial charge in [0.25, 0.3) is 5.91 Å². The lowest BCUT2D eigenvalue weighted by Gasteiger charge is -2.30. The molecule has 158 valence electrons. The predicted molar refractivity (Wildman–Crippen MR) is 107 cm³/mol. The molecule has 0 spiro atoms. The van der Waals surface area contributed by atoms with Crippen LogP contribution in [0.25, 0.3) is 0 Å².